The fourth-order valence-electron chi connectivity index (χ4n) is 1.74. The summed E-state index contributed by atoms with van der Waals surface area (Å²) in [5.74, 6) is 0.627. The molecule has 0 aromatic carbocycles. The van der Waals surface area contributed by atoms with Crippen molar-refractivity contribution in [1.29, 1.82) is 0 Å². The summed E-state index contributed by atoms with van der Waals surface area (Å²) in [5, 5.41) is 0. The van der Waals surface area contributed by atoms with E-state index in [2.05, 4.69) is 27.7 Å². The molecular weight excluding hydrogens is 215 g/mol. The van der Waals surface area contributed by atoms with E-state index in [4.69, 9.17) is 14.5 Å². The molecule has 0 fully saturated rings. The Kier molecular flexibility index (Phi) is 6.04. The number of rotatable bonds is 7. The maximum atomic E-state index is 10.5. The zero-order chi connectivity index (χ0) is 12.1. The van der Waals surface area contributed by atoms with Crippen molar-refractivity contribution in [1.82, 2.24) is 0 Å². The molecule has 92 valence electrons. The average Bonchev–Trinajstić information content (AvgIpc) is 1.93. The summed E-state index contributed by atoms with van der Waals surface area (Å²) in [4.78, 5) is 17.2. The van der Waals surface area contributed by atoms with E-state index >= 15 is 0 Å². The summed E-state index contributed by atoms with van der Waals surface area (Å²) in [6, 6.07) is 0. The lowest BCUT2D eigenvalue weighted by Gasteiger charge is -2.26. The van der Waals surface area contributed by atoms with Crippen LogP contribution in [0.3, 0.4) is 0 Å². The molecule has 4 nitrogen and oxygen atoms in total. The molecule has 0 aliphatic carbocycles. The maximum Gasteiger partial charge on any atom is 0.350 e. The summed E-state index contributed by atoms with van der Waals surface area (Å²) in [6.07, 6.45) is 1.45. The number of hydrogen-bond acceptors (Lipinski definition) is 2. The molecule has 0 spiro atoms. The van der Waals surface area contributed by atoms with Crippen LogP contribution in [0.15, 0.2) is 0 Å². The molecule has 0 aliphatic rings. The molecule has 0 aromatic heterocycles. The Morgan fingerprint density at radius 1 is 1.33 bits per heavy atom. The van der Waals surface area contributed by atoms with E-state index in [9.17, 15) is 4.57 Å². The average molecular weight is 238 g/mol. The highest BCUT2D eigenvalue weighted by atomic mass is 31.2. The molecule has 0 rings (SSSR count). The Balaban J connectivity index is 3.71. The van der Waals surface area contributed by atoms with E-state index < -0.39 is 13.9 Å². The fourth-order valence-corrected chi connectivity index (χ4v) is 2.11. The minimum atomic E-state index is -4.00. The normalized spacial score (nSPS) is 13.5. The van der Waals surface area contributed by atoms with Crippen molar-refractivity contribution < 1.29 is 19.1 Å². The first-order valence-corrected chi connectivity index (χ1v) is 7.04. The van der Waals surface area contributed by atoms with Gasteiger partial charge in [0.25, 0.3) is 0 Å². The van der Waals surface area contributed by atoms with Crippen molar-refractivity contribution in [2.75, 3.05) is 13.0 Å². The van der Waals surface area contributed by atoms with Gasteiger partial charge in [-0.25, -0.2) is 0 Å². The molecule has 0 radical (unpaired) electrons. The molecular formula is C10H23O4P. The molecule has 0 unspecified atom stereocenters. The Morgan fingerprint density at radius 3 is 2.27 bits per heavy atom. The van der Waals surface area contributed by atoms with E-state index in [-0.39, 0.29) is 5.41 Å². The van der Waals surface area contributed by atoms with Gasteiger partial charge in [-0.1, -0.05) is 27.7 Å². The van der Waals surface area contributed by atoms with Crippen molar-refractivity contribution in [2.24, 2.45) is 11.3 Å². The second kappa shape index (κ2) is 6.00. The monoisotopic (exact) mass is 238 g/mol. The summed E-state index contributed by atoms with van der Waals surface area (Å²) in [7, 11) is -4.00. The minimum Gasteiger partial charge on any atom is -0.369 e. The third-order valence-electron chi connectivity index (χ3n) is 2.14. The van der Waals surface area contributed by atoms with Crippen molar-refractivity contribution in [3.63, 3.8) is 0 Å². The lowest BCUT2D eigenvalue weighted by Crippen LogP contribution is -2.17. The molecule has 0 amide bonds. The quantitative estimate of drug-likeness (QED) is 0.528. The predicted molar refractivity (Wildman–Crippen MR) is 60.7 cm³/mol. The fraction of sp³-hybridized carbons (Fsp3) is 1.00. The minimum absolute atomic E-state index is 0.170. The van der Waals surface area contributed by atoms with Crippen molar-refractivity contribution in [3.05, 3.63) is 0 Å². The predicted octanol–water partition coefficient (Wildman–Crippen LogP) is 2.60. The van der Waals surface area contributed by atoms with Crippen LogP contribution in [-0.2, 0) is 9.30 Å². The van der Waals surface area contributed by atoms with E-state index in [1.807, 2.05) is 0 Å². The van der Waals surface area contributed by atoms with Gasteiger partial charge in [-0.2, -0.15) is 0 Å². The Morgan fingerprint density at radius 2 is 1.87 bits per heavy atom. The third-order valence-corrected chi connectivity index (χ3v) is 2.66. The third kappa shape index (κ3) is 10.4. The zero-order valence-electron chi connectivity index (χ0n) is 10.1. The second-order valence-corrected chi connectivity index (χ2v) is 6.80. The second-order valence-electron chi connectivity index (χ2n) is 5.21. The van der Waals surface area contributed by atoms with E-state index in [0.29, 0.717) is 12.5 Å². The van der Waals surface area contributed by atoms with E-state index in [1.165, 1.54) is 0 Å². The highest BCUT2D eigenvalue weighted by molar-refractivity contribution is 7.51. The summed E-state index contributed by atoms with van der Waals surface area (Å²) in [6.45, 7) is 9.03. The first-order chi connectivity index (χ1) is 6.62. The van der Waals surface area contributed by atoms with Crippen LogP contribution in [0.2, 0.25) is 0 Å². The van der Waals surface area contributed by atoms with Crippen LogP contribution < -0.4 is 0 Å². The molecule has 0 heterocycles. The van der Waals surface area contributed by atoms with Gasteiger partial charge in [0.2, 0.25) is 0 Å². The van der Waals surface area contributed by atoms with Crippen LogP contribution in [0.1, 0.15) is 40.5 Å². The smallest absolute Gasteiger partial charge is 0.350 e. The van der Waals surface area contributed by atoms with Gasteiger partial charge >= 0.3 is 7.60 Å². The summed E-state index contributed by atoms with van der Waals surface area (Å²) in [5.41, 5.74) is 0.170. The molecule has 0 bridgehead atoms. The van der Waals surface area contributed by atoms with Gasteiger partial charge in [-0.05, 0) is 24.2 Å². The Bertz CT molecular complexity index is 219. The largest absolute Gasteiger partial charge is 0.369 e. The van der Waals surface area contributed by atoms with Crippen LogP contribution in [-0.4, -0.2) is 22.7 Å². The molecule has 2 N–H and O–H groups in total. The standard InChI is InChI=1S/C10H23O4P/c1-9(2)7-10(3,4)5-6-14-8-15(11,12)13/h9H,5-8H2,1-4H3,(H2,11,12,13). The van der Waals surface area contributed by atoms with Crippen LogP contribution in [0, 0.1) is 11.3 Å². The number of ether oxygens (including phenoxy) is 1. The van der Waals surface area contributed by atoms with Crippen LogP contribution in [0.25, 0.3) is 0 Å². The molecule has 0 saturated heterocycles. The topological polar surface area (TPSA) is 66.8 Å². The van der Waals surface area contributed by atoms with Gasteiger partial charge < -0.3 is 14.5 Å². The number of hydrogen-bond donors (Lipinski definition) is 2. The van der Waals surface area contributed by atoms with E-state index in [0.717, 1.165) is 12.8 Å². The Hall–Kier alpha value is 0.110. The first-order valence-electron chi connectivity index (χ1n) is 5.25. The summed E-state index contributed by atoms with van der Waals surface area (Å²) >= 11 is 0. The lowest BCUT2D eigenvalue weighted by atomic mass is 9.81. The Labute approximate surface area is 92.2 Å². The van der Waals surface area contributed by atoms with Gasteiger partial charge in [0.1, 0.15) is 6.35 Å². The van der Waals surface area contributed by atoms with Crippen molar-refractivity contribution in [3.8, 4) is 0 Å². The van der Waals surface area contributed by atoms with Crippen LogP contribution in [0.5, 0.6) is 0 Å². The molecule has 0 atom stereocenters. The van der Waals surface area contributed by atoms with Crippen LogP contribution >= 0.6 is 7.60 Å². The molecule has 0 saturated carbocycles. The molecule has 0 aromatic rings. The van der Waals surface area contributed by atoms with Crippen LogP contribution in [0.4, 0.5) is 0 Å². The zero-order valence-corrected chi connectivity index (χ0v) is 11.0. The SMILES string of the molecule is CC(C)CC(C)(C)CCOCP(=O)(O)O. The highest BCUT2D eigenvalue weighted by Gasteiger charge is 2.20. The molecule has 15 heavy (non-hydrogen) atoms. The summed E-state index contributed by atoms with van der Waals surface area (Å²) < 4.78 is 15.5. The maximum absolute atomic E-state index is 10.5. The van der Waals surface area contributed by atoms with Crippen molar-refractivity contribution in [2.45, 2.75) is 40.5 Å². The van der Waals surface area contributed by atoms with Gasteiger partial charge in [-0.15, -0.1) is 0 Å². The molecule has 5 heteroatoms. The molecule has 0 aliphatic heterocycles. The first kappa shape index (κ1) is 15.1. The van der Waals surface area contributed by atoms with E-state index in [1.54, 1.807) is 0 Å². The van der Waals surface area contributed by atoms with Gasteiger partial charge in [0.15, 0.2) is 0 Å². The van der Waals surface area contributed by atoms with Gasteiger partial charge in [0.05, 0.1) is 0 Å². The van der Waals surface area contributed by atoms with Crippen molar-refractivity contribution >= 4 is 7.60 Å². The lowest BCUT2D eigenvalue weighted by molar-refractivity contribution is 0.115. The highest BCUT2D eigenvalue weighted by Crippen LogP contribution is 2.35. The van der Waals surface area contributed by atoms with Gasteiger partial charge in [0, 0.05) is 6.61 Å². The van der Waals surface area contributed by atoms with Gasteiger partial charge in [-0.3, -0.25) is 4.57 Å².